The molecule has 1 N–H and O–H groups in total. The minimum atomic E-state index is -0.376. The number of fused-ring (bicyclic) bond motifs is 1. The highest BCUT2D eigenvalue weighted by molar-refractivity contribution is 5.78. The Labute approximate surface area is 118 Å². The SMILES string of the molecule is OC(CCc1ccccc1)Cn1ncc2ccccc21. The van der Waals surface area contributed by atoms with Gasteiger partial charge in [0.1, 0.15) is 0 Å². The number of hydrogen-bond donors (Lipinski definition) is 1. The van der Waals surface area contributed by atoms with Crippen molar-refractivity contribution in [2.45, 2.75) is 25.5 Å². The monoisotopic (exact) mass is 266 g/mol. The molecule has 1 aromatic heterocycles. The van der Waals surface area contributed by atoms with Crippen LogP contribution in [0.4, 0.5) is 0 Å². The second kappa shape index (κ2) is 5.88. The average Bonchev–Trinajstić information content (AvgIpc) is 2.90. The summed E-state index contributed by atoms with van der Waals surface area (Å²) in [4.78, 5) is 0. The third-order valence-electron chi connectivity index (χ3n) is 3.54. The maximum atomic E-state index is 10.2. The molecule has 0 saturated carbocycles. The Morgan fingerprint density at radius 2 is 1.75 bits per heavy atom. The van der Waals surface area contributed by atoms with Gasteiger partial charge in [0.05, 0.1) is 24.4 Å². The Hall–Kier alpha value is -2.13. The number of nitrogens with zero attached hydrogens (tertiary/aromatic N) is 2. The minimum Gasteiger partial charge on any atom is -0.391 e. The van der Waals surface area contributed by atoms with E-state index in [1.54, 1.807) is 0 Å². The van der Waals surface area contributed by atoms with E-state index in [1.807, 2.05) is 53.3 Å². The van der Waals surface area contributed by atoms with Gasteiger partial charge >= 0.3 is 0 Å². The maximum absolute atomic E-state index is 10.2. The van der Waals surface area contributed by atoms with E-state index in [9.17, 15) is 5.11 Å². The number of rotatable bonds is 5. The summed E-state index contributed by atoms with van der Waals surface area (Å²) in [5.41, 5.74) is 2.34. The molecule has 0 radical (unpaired) electrons. The summed E-state index contributed by atoms with van der Waals surface area (Å²) < 4.78 is 1.88. The molecular weight excluding hydrogens is 248 g/mol. The fourth-order valence-corrected chi connectivity index (χ4v) is 2.44. The van der Waals surface area contributed by atoms with Gasteiger partial charge in [-0.05, 0) is 24.5 Å². The molecule has 0 aliphatic carbocycles. The summed E-state index contributed by atoms with van der Waals surface area (Å²) >= 11 is 0. The first-order valence-corrected chi connectivity index (χ1v) is 6.95. The summed E-state index contributed by atoms with van der Waals surface area (Å²) in [6.07, 6.45) is 3.11. The number of aryl methyl sites for hydroxylation is 1. The van der Waals surface area contributed by atoms with E-state index in [2.05, 4.69) is 17.2 Å². The van der Waals surface area contributed by atoms with Crippen molar-refractivity contribution in [3.63, 3.8) is 0 Å². The van der Waals surface area contributed by atoms with Crippen LogP contribution in [0.1, 0.15) is 12.0 Å². The van der Waals surface area contributed by atoms with Gasteiger partial charge in [-0.3, -0.25) is 4.68 Å². The third kappa shape index (κ3) is 2.89. The van der Waals surface area contributed by atoms with Gasteiger partial charge in [0, 0.05) is 5.39 Å². The lowest BCUT2D eigenvalue weighted by Crippen LogP contribution is -2.17. The molecule has 0 aliphatic heterocycles. The standard InChI is InChI=1S/C17H18N2O/c20-16(11-10-14-6-2-1-3-7-14)13-19-17-9-5-4-8-15(17)12-18-19/h1-9,12,16,20H,10-11,13H2. The lowest BCUT2D eigenvalue weighted by atomic mass is 10.1. The van der Waals surface area contributed by atoms with Crippen molar-refractivity contribution in [2.24, 2.45) is 0 Å². The molecule has 1 atom stereocenters. The zero-order valence-electron chi connectivity index (χ0n) is 11.3. The van der Waals surface area contributed by atoms with E-state index in [0.29, 0.717) is 6.54 Å². The van der Waals surface area contributed by atoms with E-state index in [4.69, 9.17) is 0 Å². The van der Waals surface area contributed by atoms with Crippen molar-refractivity contribution in [3.05, 3.63) is 66.4 Å². The molecule has 0 saturated heterocycles. The first kappa shape index (κ1) is 12.9. The molecule has 0 aliphatic rings. The van der Waals surface area contributed by atoms with E-state index >= 15 is 0 Å². The third-order valence-corrected chi connectivity index (χ3v) is 3.54. The molecule has 2 aromatic carbocycles. The van der Waals surface area contributed by atoms with Crippen LogP contribution >= 0.6 is 0 Å². The quantitative estimate of drug-likeness (QED) is 0.771. The fraction of sp³-hybridized carbons (Fsp3) is 0.235. The number of aromatic nitrogens is 2. The summed E-state index contributed by atoms with van der Waals surface area (Å²) in [6.45, 7) is 0.542. The highest BCUT2D eigenvalue weighted by atomic mass is 16.3. The Kier molecular flexibility index (Phi) is 3.79. The first-order valence-electron chi connectivity index (χ1n) is 6.95. The van der Waals surface area contributed by atoms with Gasteiger partial charge in [-0.2, -0.15) is 5.10 Å². The van der Waals surface area contributed by atoms with E-state index in [1.165, 1.54) is 5.56 Å². The number of para-hydroxylation sites is 1. The van der Waals surface area contributed by atoms with Crippen LogP contribution in [-0.2, 0) is 13.0 Å². The Bertz CT molecular complexity index is 676. The average molecular weight is 266 g/mol. The number of aliphatic hydroxyl groups excluding tert-OH is 1. The molecule has 3 rings (SSSR count). The second-order valence-electron chi connectivity index (χ2n) is 5.06. The fourth-order valence-electron chi connectivity index (χ4n) is 2.44. The number of hydrogen-bond acceptors (Lipinski definition) is 2. The molecule has 1 unspecified atom stereocenters. The van der Waals surface area contributed by atoms with Crippen LogP contribution in [0.3, 0.4) is 0 Å². The van der Waals surface area contributed by atoms with Crippen molar-refractivity contribution >= 4 is 10.9 Å². The van der Waals surface area contributed by atoms with E-state index < -0.39 is 0 Å². The highest BCUT2D eigenvalue weighted by Crippen LogP contribution is 2.14. The van der Waals surface area contributed by atoms with Crippen LogP contribution < -0.4 is 0 Å². The minimum absolute atomic E-state index is 0.376. The molecule has 0 amide bonds. The lowest BCUT2D eigenvalue weighted by Gasteiger charge is -2.11. The van der Waals surface area contributed by atoms with E-state index in [0.717, 1.165) is 23.7 Å². The largest absolute Gasteiger partial charge is 0.391 e. The number of benzene rings is 2. The van der Waals surface area contributed by atoms with Crippen LogP contribution in [0, 0.1) is 0 Å². The molecular formula is C17H18N2O. The second-order valence-corrected chi connectivity index (χ2v) is 5.06. The summed E-state index contributed by atoms with van der Waals surface area (Å²) in [7, 11) is 0. The normalized spacial score (nSPS) is 12.7. The Morgan fingerprint density at radius 1 is 1.00 bits per heavy atom. The predicted molar refractivity (Wildman–Crippen MR) is 80.5 cm³/mol. The van der Waals surface area contributed by atoms with Crippen LogP contribution in [0.25, 0.3) is 10.9 Å². The maximum Gasteiger partial charge on any atom is 0.0739 e. The summed E-state index contributed by atoms with van der Waals surface area (Å²) in [6, 6.07) is 18.3. The van der Waals surface area contributed by atoms with Gasteiger partial charge in [0.2, 0.25) is 0 Å². The van der Waals surface area contributed by atoms with Gasteiger partial charge < -0.3 is 5.11 Å². The molecule has 3 aromatic rings. The Morgan fingerprint density at radius 3 is 2.60 bits per heavy atom. The number of aliphatic hydroxyl groups is 1. The van der Waals surface area contributed by atoms with Crippen molar-refractivity contribution in [2.75, 3.05) is 0 Å². The molecule has 20 heavy (non-hydrogen) atoms. The van der Waals surface area contributed by atoms with Crippen LogP contribution in [-0.4, -0.2) is 21.0 Å². The van der Waals surface area contributed by atoms with Crippen LogP contribution in [0.5, 0.6) is 0 Å². The Balaban J connectivity index is 1.63. The van der Waals surface area contributed by atoms with Crippen LogP contribution in [0.15, 0.2) is 60.8 Å². The topological polar surface area (TPSA) is 38.0 Å². The van der Waals surface area contributed by atoms with Crippen molar-refractivity contribution < 1.29 is 5.11 Å². The molecule has 0 bridgehead atoms. The molecule has 3 nitrogen and oxygen atoms in total. The zero-order valence-corrected chi connectivity index (χ0v) is 11.3. The molecule has 102 valence electrons. The van der Waals surface area contributed by atoms with Crippen molar-refractivity contribution in [3.8, 4) is 0 Å². The first-order chi connectivity index (χ1) is 9.83. The van der Waals surface area contributed by atoms with Gasteiger partial charge in [0.15, 0.2) is 0 Å². The zero-order chi connectivity index (χ0) is 13.8. The lowest BCUT2D eigenvalue weighted by molar-refractivity contribution is 0.142. The summed E-state index contributed by atoms with van der Waals surface area (Å²) in [5.74, 6) is 0. The molecule has 1 heterocycles. The molecule has 0 spiro atoms. The van der Waals surface area contributed by atoms with Crippen molar-refractivity contribution in [1.29, 1.82) is 0 Å². The van der Waals surface area contributed by atoms with E-state index in [-0.39, 0.29) is 6.10 Å². The predicted octanol–water partition coefficient (Wildman–Crippen LogP) is 3.03. The molecule has 0 fully saturated rings. The smallest absolute Gasteiger partial charge is 0.0739 e. The van der Waals surface area contributed by atoms with Gasteiger partial charge in [0.25, 0.3) is 0 Å². The van der Waals surface area contributed by atoms with Crippen molar-refractivity contribution in [1.82, 2.24) is 9.78 Å². The van der Waals surface area contributed by atoms with Gasteiger partial charge in [-0.25, -0.2) is 0 Å². The van der Waals surface area contributed by atoms with Gasteiger partial charge in [-0.1, -0.05) is 48.5 Å². The molecule has 3 heteroatoms. The highest BCUT2D eigenvalue weighted by Gasteiger charge is 2.08. The van der Waals surface area contributed by atoms with Crippen LogP contribution in [0.2, 0.25) is 0 Å². The summed E-state index contributed by atoms with van der Waals surface area (Å²) in [5, 5.41) is 15.6. The van der Waals surface area contributed by atoms with Gasteiger partial charge in [-0.15, -0.1) is 0 Å².